The average molecular weight is 239 g/mol. The molecule has 0 spiro atoms. The maximum atomic E-state index is 11.4. The molecule has 1 atom stereocenters. The lowest BCUT2D eigenvalue weighted by Crippen LogP contribution is -2.29. The van der Waals surface area contributed by atoms with E-state index in [4.69, 9.17) is 5.21 Å². The van der Waals surface area contributed by atoms with E-state index in [1.807, 2.05) is 30.3 Å². The van der Waals surface area contributed by atoms with Crippen LogP contribution in [-0.2, 0) is 4.79 Å². The maximum absolute atomic E-state index is 11.4. The Bertz CT molecular complexity index is 316. The van der Waals surface area contributed by atoms with Gasteiger partial charge in [-0.2, -0.15) is 0 Å². The van der Waals surface area contributed by atoms with E-state index in [1.54, 1.807) is 5.48 Å². The van der Waals surface area contributed by atoms with E-state index in [0.717, 1.165) is 24.2 Å². The van der Waals surface area contributed by atoms with Crippen molar-refractivity contribution >= 4 is 17.7 Å². The summed E-state index contributed by atoms with van der Waals surface area (Å²) in [4.78, 5) is 12.5. The number of hydroxylamine groups is 1. The Balaban J connectivity index is 2.59. The van der Waals surface area contributed by atoms with Gasteiger partial charge in [0.05, 0.1) is 5.25 Å². The zero-order chi connectivity index (χ0) is 11.8. The first-order chi connectivity index (χ1) is 7.77. The van der Waals surface area contributed by atoms with E-state index in [2.05, 4.69) is 6.92 Å². The van der Waals surface area contributed by atoms with E-state index < -0.39 is 0 Å². The number of carbonyl (C=O) groups excluding carboxylic acids is 1. The molecule has 0 aliphatic rings. The van der Waals surface area contributed by atoms with E-state index in [-0.39, 0.29) is 11.2 Å². The number of amides is 1. The van der Waals surface area contributed by atoms with Gasteiger partial charge in [-0.25, -0.2) is 5.48 Å². The summed E-state index contributed by atoms with van der Waals surface area (Å²) in [6.07, 6.45) is 2.81. The van der Waals surface area contributed by atoms with Crippen LogP contribution < -0.4 is 5.48 Å². The highest BCUT2D eigenvalue weighted by molar-refractivity contribution is 8.00. The number of hydrogen-bond acceptors (Lipinski definition) is 3. The van der Waals surface area contributed by atoms with Gasteiger partial charge in [0.1, 0.15) is 0 Å². The Kier molecular flexibility index (Phi) is 5.96. The number of hydrogen-bond donors (Lipinski definition) is 2. The molecular weight excluding hydrogens is 222 g/mol. The zero-order valence-electron chi connectivity index (χ0n) is 9.35. The third kappa shape index (κ3) is 4.24. The van der Waals surface area contributed by atoms with Gasteiger partial charge in [-0.3, -0.25) is 10.0 Å². The Labute approximate surface area is 100 Å². The SMILES string of the molecule is CCCCC(Sc1ccccc1)C(=O)NO. The van der Waals surface area contributed by atoms with Crippen molar-refractivity contribution in [1.29, 1.82) is 0 Å². The van der Waals surface area contributed by atoms with Gasteiger partial charge >= 0.3 is 0 Å². The first kappa shape index (κ1) is 13.1. The van der Waals surface area contributed by atoms with E-state index >= 15 is 0 Å². The molecular formula is C12H17NO2S. The summed E-state index contributed by atoms with van der Waals surface area (Å²) in [5.41, 5.74) is 1.73. The summed E-state index contributed by atoms with van der Waals surface area (Å²) < 4.78 is 0. The fourth-order valence-electron chi connectivity index (χ4n) is 1.37. The molecule has 0 aromatic heterocycles. The van der Waals surface area contributed by atoms with Crippen LogP contribution in [-0.4, -0.2) is 16.4 Å². The first-order valence-corrected chi connectivity index (χ1v) is 6.31. The number of benzene rings is 1. The lowest BCUT2D eigenvalue weighted by molar-refractivity contribution is -0.128. The third-order valence-corrected chi connectivity index (χ3v) is 3.52. The van der Waals surface area contributed by atoms with Gasteiger partial charge < -0.3 is 0 Å². The molecule has 16 heavy (non-hydrogen) atoms. The first-order valence-electron chi connectivity index (χ1n) is 5.43. The molecule has 3 nitrogen and oxygen atoms in total. The van der Waals surface area contributed by atoms with Gasteiger partial charge in [0.25, 0.3) is 5.91 Å². The monoisotopic (exact) mass is 239 g/mol. The Morgan fingerprint density at radius 2 is 2.12 bits per heavy atom. The zero-order valence-corrected chi connectivity index (χ0v) is 10.2. The standard InChI is InChI=1S/C12H17NO2S/c1-2-3-9-11(12(14)13-15)16-10-7-5-4-6-8-10/h4-8,11,15H,2-3,9H2,1H3,(H,13,14). The minimum atomic E-state index is -0.317. The lowest BCUT2D eigenvalue weighted by Gasteiger charge is -2.13. The van der Waals surface area contributed by atoms with E-state index in [1.165, 1.54) is 11.8 Å². The van der Waals surface area contributed by atoms with E-state index in [9.17, 15) is 4.79 Å². The van der Waals surface area contributed by atoms with Gasteiger partial charge in [-0.1, -0.05) is 38.0 Å². The second-order valence-electron chi connectivity index (χ2n) is 3.54. The number of carbonyl (C=O) groups is 1. The summed E-state index contributed by atoms with van der Waals surface area (Å²) in [6, 6.07) is 9.76. The molecule has 0 saturated carbocycles. The molecule has 0 saturated heterocycles. The highest BCUT2D eigenvalue weighted by Gasteiger charge is 2.18. The van der Waals surface area contributed by atoms with Crippen molar-refractivity contribution < 1.29 is 10.0 Å². The van der Waals surface area contributed by atoms with Crippen LogP contribution >= 0.6 is 11.8 Å². The molecule has 1 aromatic rings. The minimum absolute atomic E-state index is 0.215. The third-order valence-electron chi connectivity index (χ3n) is 2.24. The average Bonchev–Trinajstić information content (AvgIpc) is 2.34. The van der Waals surface area contributed by atoms with Gasteiger partial charge in [-0.05, 0) is 18.6 Å². The van der Waals surface area contributed by atoms with Gasteiger partial charge in [0.2, 0.25) is 0 Å². The molecule has 0 bridgehead atoms. The van der Waals surface area contributed by atoms with Crippen LogP contribution in [0.3, 0.4) is 0 Å². The number of rotatable bonds is 6. The van der Waals surface area contributed by atoms with Crippen LogP contribution in [0.25, 0.3) is 0 Å². The summed E-state index contributed by atoms with van der Waals surface area (Å²) in [5, 5.41) is 8.45. The quantitative estimate of drug-likeness (QED) is 0.456. The van der Waals surface area contributed by atoms with Crippen molar-refractivity contribution in [3.63, 3.8) is 0 Å². The molecule has 0 aliphatic heterocycles. The summed E-state index contributed by atoms with van der Waals surface area (Å²) in [5.74, 6) is -0.317. The minimum Gasteiger partial charge on any atom is -0.289 e. The Morgan fingerprint density at radius 3 is 2.69 bits per heavy atom. The van der Waals surface area contributed by atoms with Crippen molar-refractivity contribution in [3.05, 3.63) is 30.3 Å². The highest BCUT2D eigenvalue weighted by atomic mass is 32.2. The topological polar surface area (TPSA) is 49.3 Å². The predicted molar refractivity (Wildman–Crippen MR) is 65.5 cm³/mol. The summed E-state index contributed by atoms with van der Waals surface area (Å²) in [6.45, 7) is 2.08. The van der Waals surface area contributed by atoms with Crippen molar-refractivity contribution in [3.8, 4) is 0 Å². The van der Waals surface area contributed by atoms with Crippen LogP contribution in [0.15, 0.2) is 35.2 Å². The van der Waals surface area contributed by atoms with Gasteiger partial charge in [0, 0.05) is 4.90 Å². The second kappa shape index (κ2) is 7.30. The molecule has 88 valence electrons. The molecule has 1 unspecified atom stereocenters. The molecule has 0 fully saturated rings. The number of unbranched alkanes of at least 4 members (excludes halogenated alkanes) is 1. The van der Waals surface area contributed by atoms with Crippen molar-refractivity contribution in [1.82, 2.24) is 5.48 Å². The normalized spacial score (nSPS) is 12.1. The number of thioether (sulfide) groups is 1. The molecule has 2 N–H and O–H groups in total. The van der Waals surface area contributed by atoms with E-state index in [0.29, 0.717) is 0 Å². The van der Waals surface area contributed by atoms with Gasteiger partial charge in [0.15, 0.2) is 0 Å². The molecule has 4 heteroatoms. The van der Waals surface area contributed by atoms with Crippen molar-refractivity contribution in [2.45, 2.75) is 36.3 Å². The highest BCUT2D eigenvalue weighted by Crippen LogP contribution is 2.26. The van der Waals surface area contributed by atoms with Crippen LogP contribution in [0, 0.1) is 0 Å². The van der Waals surface area contributed by atoms with Crippen LogP contribution in [0.4, 0.5) is 0 Å². The molecule has 0 radical (unpaired) electrons. The molecule has 0 aliphatic carbocycles. The molecule has 1 aromatic carbocycles. The summed E-state index contributed by atoms with van der Waals surface area (Å²) in [7, 11) is 0. The smallest absolute Gasteiger partial charge is 0.256 e. The largest absolute Gasteiger partial charge is 0.289 e. The second-order valence-corrected chi connectivity index (χ2v) is 4.81. The molecule has 0 heterocycles. The molecule has 1 amide bonds. The fourth-order valence-corrected chi connectivity index (χ4v) is 2.46. The molecule has 1 rings (SSSR count). The lowest BCUT2D eigenvalue weighted by atomic mass is 10.2. The van der Waals surface area contributed by atoms with Crippen molar-refractivity contribution in [2.75, 3.05) is 0 Å². The van der Waals surface area contributed by atoms with Crippen LogP contribution in [0.2, 0.25) is 0 Å². The maximum Gasteiger partial charge on any atom is 0.256 e. The fraction of sp³-hybridized carbons (Fsp3) is 0.417. The van der Waals surface area contributed by atoms with Crippen LogP contribution in [0.1, 0.15) is 26.2 Å². The summed E-state index contributed by atoms with van der Waals surface area (Å²) >= 11 is 1.49. The predicted octanol–water partition coefficient (Wildman–Crippen LogP) is 2.84. The van der Waals surface area contributed by atoms with Crippen molar-refractivity contribution in [2.24, 2.45) is 0 Å². The Hall–Kier alpha value is -1.00. The Morgan fingerprint density at radius 1 is 1.44 bits per heavy atom. The van der Waals surface area contributed by atoms with Crippen LogP contribution in [0.5, 0.6) is 0 Å². The number of nitrogens with one attached hydrogen (secondary N) is 1. The van der Waals surface area contributed by atoms with Gasteiger partial charge in [-0.15, -0.1) is 11.8 Å².